The highest BCUT2D eigenvalue weighted by molar-refractivity contribution is 5.19. The van der Waals surface area contributed by atoms with Gasteiger partial charge < -0.3 is 0 Å². The van der Waals surface area contributed by atoms with Gasteiger partial charge in [0.15, 0.2) is 5.82 Å². The number of nitrogens with two attached hydrogens (primary N) is 1. The molecule has 1 aromatic rings. The van der Waals surface area contributed by atoms with E-state index in [1.165, 1.54) is 24.8 Å². The van der Waals surface area contributed by atoms with E-state index in [1.807, 2.05) is 19.3 Å². The van der Waals surface area contributed by atoms with Crippen LogP contribution in [0.5, 0.6) is 0 Å². The average Bonchev–Trinajstić information content (AvgIpc) is 2.62. The second-order valence-electron chi connectivity index (χ2n) is 4.60. The first-order valence-corrected chi connectivity index (χ1v) is 6.25. The lowest BCUT2D eigenvalue weighted by molar-refractivity contribution is 0.564. The van der Waals surface area contributed by atoms with Crippen LogP contribution in [0, 0.1) is 6.92 Å². The lowest BCUT2D eigenvalue weighted by atomic mass is 10.0. The summed E-state index contributed by atoms with van der Waals surface area (Å²) in [5, 5.41) is 0. The van der Waals surface area contributed by atoms with Crippen molar-refractivity contribution in [2.24, 2.45) is 5.84 Å². The van der Waals surface area contributed by atoms with Crippen molar-refractivity contribution in [1.82, 2.24) is 15.4 Å². The van der Waals surface area contributed by atoms with Crippen LogP contribution < -0.4 is 11.3 Å². The summed E-state index contributed by atoms with van der Waals surface area (Å²) in [5.41, 5.74) is 5.24. The monoisotopic (exact) mass is 232 g/mol. The Morgan fingerprint density at radius 1 is 1.24 bits per heavy atom. The smallest absolute Gasteiger partial charge is 0.150 e. The maximum atomic E-state index is 5.65. The third kappa shape index (κ3) is 3.11. The Balaban J connectivity index is 2.20. The van der Waals surface area contributed by atoms with Crippen molar-refractivity contribution in [3.05, 3.63) is 35.4 Å². The van der Waals surface area contributed by atoms with Crippen LogP contribution in [0.25, 0.3) is 0 Å². The third-order valence-corrected chi connectivity index (χ3v) is 3.17. The molecule has 1 aliphatic rings. The minimum absolute atomic E-state index is 0.0336. The Kier molecular flexibility index (Phi) is 4.23. The Morgan fingerprint density at radius 3 is 2.71 bits per heavy atom. The fourth-order valence-corrected chi connectivity index (χ4v) is 2.20. The molecule has 4 heteroatoms. The molecule has 1 unspecified atom stereocenters. The molecule has 0 radical (unpaired) electrons. The number of nitrogens with zero attached hydrogens (tertiary/aromatic N) is 2. The minimum atomic E-state index is -0.0336. The molecule has 0 aliphatic heterocycles. The predicted molar refractivity (Wildman–Crippen MR) is 68.0 cm³/mol. The van der Waals surface area contributed by atoms with E-state index in [4.69, 9.17) is 5.84 Å². The standard InChI is InChI=1S/C13H20N4/c1-10-8-15-13(16-9-10)12(17-14)11-6-4-2-3-5-7-11/h6,8-9,12,17H,2-5,7,14H2,1H3. The Labute approximate surface area is 102 Å². The molecule has 1 atom stereocenters. The van der Waals surface area contributed by atoms with Gasteiger partial charge in [-0.1, -0.05) is 12.5 Å². The normalized spacial score (nSPS) is 18.4. The van der Waals surface area contributed by atoms with E-state index in [-0.39, 0.29) is 6.04 Å². The van der Waals surface area contributed by atoms with Crippen molar-refractivity contribution < 1.29 is 0 Å². The first kappa shape index (κ1) is 12.2. The molecule has 0 saturated carbocycles. The summed E-state index contributed by atoms with van der Waals surface area (Å²) in [6.07, 6.45) is 12.0. The molecule has 0 spiro atoms. The van der Waals surface area contributed by atoms with E-state index in [9.17, 15) is 0 Å². The first-order chi connectivity index (χ1) is 8.31. The number of allylic oxidation sites excluding steroid dienone is 1. The molecule has 0 bridgehead atoms. The van der Waals surface area contributed by atoms with Gasteiger partial charge in [-0.3, -0.25) is 5.84 Å². The van der Waals surface area contributed by atoms with E-state index in [2.05, 4.69) is 21.5 Å². The second kappa shape index (κ2) is 5.89. The summed E-state index contributed by atoms with van der Waals surface area (Å²) in [4.78, 5) is 8.72. The highest BCUT2D eigenvalue weighted by Gasteiger charge is 2.18. The summed E-state index contributed by atoms with van der Waals surface area (Å²) in [6.45, 7) is 1.99. The second-order valence-corrected chi connectivity index (χ2v) is 4.60. The van der Waals surface area contributed by atoms with Gasteiger partial charge in [0.2, 0.25) is 0 Å². The van der Waals surface area contributed by atoms with E-state index in [1.54, 1.807) is 0 Å². The molecule has 1 heterocycles. The number of rotatable bonds is 3. The molecule has 1 aromatic heterocycles. The SMILES string of the molecule is Cc1cnc(C(NN)C2=CCCCCC2)nc1. The topological polar surface area (TPSA) is 63.8 Å². The number of aryl methyl sites for hydroxylation is 1. The summed E-state index contributed by atoms with van der Waals surface area (Å²) in [6, 6.07) is -0.0336. The summed E-state index contributed by atoms with van der Waals surface area (Å²) in [7, 11) is 0. The summed E-state index contributed by atoms with van der Waals surface area (Å²) in [5.74, 6) is 6.42. The van der Waals surface area contributed by atoms with Crippen LogP contribution in [0.15, 0.2) is 24.0 Å². The van der Waals surface area contributed by atoms with Crippen LogP contribution in [-0.4, -0.2) is 9.97 Å². The Morgan fingerprint density at radius 2 is 2.00 bits per heavy atom. The molecule has 2 rings (SSSR count). The molecule has 17 heavy (non-hydrogen) atoms. The zero-order chi connectivity index (χ0) is 12.1. The van der Waals surface area contributed by atoms with Gasteiger partial charge in [-0.2, -0.15) is 0 Å². The van der Waals surface area contributed by atoms with Crippen molar-refractivity contribution in [2.75, 3.05) is 0 Å². The highest BCUT2D eigenvalue weighted by atomic mass is 15.2. The van der Waals surface area contributed by atoms with Gasteiger partial charge in [0.05, 0.1) is 0 Å². The van der Waals surface area contributed by atoms with Gasteiger partial charge >= 0.3 is 0 Å². The number of hydrogen-bond donors (Lipinski definition) is 2. The maximum Gasteiger partial charge on any atom is 0.150 e. The molecule has 92 valence electrons. The molecule has 0 saturated heterocycles. The molecule has 0 aromatic carbocycles. The maximum absolute atomic E-state index is 5.65. The van der Waals surface area contributed by atoms with Crippen molar-refractivity contribution in [3.8, 4) is 0 Å². The average molecular weight is 232 g/mol. The summed E-state index contributed by atoms with van der Waals surface area (Å²) >= 11 is 0. The Hall–Kier alpha value is -1.26. The summed E-state index contributed by atoms with van der Waals surface area (Å²) < 4.78 is 0. The molecular weight excluding hydrogens is 212 g/mol. The van der Waals surface area contributed by atoms with Gasteiger partial charge in [0.25, 0.3) is 0 Å². The molecule has 4 nitrogen and oxygen atoms in total. The van der Waals surface area contributed by atoms with Crippen molar-refractivity contribution >= 4 is 0 Å². The van der Waals surface area contributed by atoms with Crippen molar-refractivity contribution in [1.29, 1.82) is 0 Å². The molecule has 0 fully saturated rings. The largest absolute Gasteiger partial charge is 0.270 e. The van der Waals surface area contributed by atoms with Gasteiger partial charge in [0.1, 0.15) is 6.04 Å². The van der Waals surface area contributed by atoms with E-state index >= 15 is 0 Å². The van der Waals surface area contributed by atoms with Crippen LogP contribution >= 0.6 is 0 Å². The highest BCUT2D eigenvalue weighted by Crippen LogP contribution is 2.26. The lowest BCUT2D eigenvalue weighted by Crippen LogP contribution is -2.31. The Bertz CT molecular complexity index is 383. The number of hydrogen-bond acceptors (Lipinski definition) is 4. The lowest BCUT2D eigenvalue weighted by Gasteiger charge is -2.17. The first-order valence-electron chi connectivity index (χ1n) is 6.25. The van der Waals surface area contributed by atoms with E-state index < -0.39 is 0 Å². The molecule has 3 N–H and O–H groups in total. The molecular formula is C13H20N4. The molecule has 1 aliphatic carbocycles. The van der Waals surface area contributed by atoms with Gasteiger partial charge in [0, 0.05) is 12.4 Å². The van der Waals surface area contributed by atoms with Crippen LogP contribution in [0.2, 0.25) is 0 Å². The van der Waals surface area contributed by atoms with Crippen LogP contribution in [0.1, 0.15) is 49.5 Å². The fourth-order valence-electron chi connectivity index (χ4n) is 2.20. The van der Waals surface area contributed by atoms with Crippen LogP contribution in [0.4, 0.5) is 0 Å². The van der Waals surface area contributed by atoms with Gasteiger partial charge in [-0.05, 0) is 43.7 Å². The van der Waals surface area contributed by atoms with Crippen molar-refractivity contribution in [2.45, 2.75) is 45.1 Å². The van der Waals surface area contributed by atoms with Crippen molar-refractivity contribution in [3.63, 3.8) is 0 Å². The zero-order valence-corrected chi connectivity index (χ0v) is 10.3. The van der Waals surface area contributed by atoms with Gasteiger partial charge in [-0.15, -0.1) is 0 Å². The fraction of sp³-hybridized carbons (Fsp3) is 0.538. The zero-order valence-electron chi connectivity index (χ0n) is 10.3. The van der Waals surface area contributed by atoms with E-state index in [0.29, 0.717) is 0 Å². The van der Waals surface area contributed by atoms with Crippen LogP contribution in [-0.2, 0) is 0 Å². The van der Waals surface area contributed by atoms with E-state index in [0.717, 1.165) is 24.2 Å². The number of aromatic nitrogens is 2. The third-order valence-electron chi connectivity index (χ3n) is 3.17. The predicted octanol–water partition coefficient (Wildman–Crippen LogP) is 2.18. The van der Waals surface area contributed by atoms with Crippen LogP contribution in [0.3, 0.4) is 0 Å². The minimum Gasteiger partial charge on any atom is -0.270 e. The number of nitrogens with one attached hydrogen (secondary N) is 1. The van der Waals surface area contributed by atoms with Gasteiger partial charge in [-0.25, -0.2) is 15.4 Å². The number of hydrazine groups is 1. The molecule has 0 amide bonds. The quantitative estimate of drug-likeness (QED) is 0.476.